The fourth-order valence-corrected chi connectivity index (χ4v) is 1.90. The van der Waals surface area contributed by atoms with Gasteiger partial charge in [-0.25, -0.2) is 4.39 Å². The van der Waals surface area contributed by atoms with Crippen molar-refractivity contribution in [3.05, 3.63) is 29.6 Å². The predicted octanol–water partition coefficient (Wildman–Crippen LogP) is 2.73. The SMILES string of the molecule is CC(NC1CCC1)c1ccc(F)cc1O. The molecule has 2 nitrogen and oxygen atoms in total. The highest BCUT2D eigenvalue weighted by molar-refractivity contribution is 5.34. The highest BCUT2D eigenvalue weighted by Crippen LogP contribution is 2.27. The van der Waals surface area contributed by atoms with Gasteiger partial charge >= 0.3 is 0 Å². The molecule has 1 fully saturated rings. The molecule has 0 saturated heterocycles. The second-order valence-corrected chi connectivity index (χ2v) is 4.22. The molecule has 1 unspecified atom stereocenters. The molecule has 0 aliphatic heterocycles. The summed E-state index contributed by atoms with van der Waals surface area (Å²) in [6.07, 6.45) is 3.68. The van der Waals surface area contributed by atoms with Crippen molar-refractivity contribution in [2.24, 2.45) is 0 Å². The summed E-state index contributed by atoms with van der Waals surface area (Å²) in [5.74, 6) is -0.360. The van der Waals surface area contributed by atoms with Gasteiger partial charge in [0.25, 0.3) is 0 Å². The van der Waals surface area contributed by atoms with Gasteiger partial charge < -0.3 is 10.4 Å². The van der Waals surface area contributed by atoms with Crippen LogP contribution in [-0.2, 0) is 0 Å². The Labute approximate surface area is 89.1 Å². The Hall–Kier alpha value is -1.09. The molecule has 0 bridgehead atoms. The first-order valence-corrected chi connectivity index (χ1v) is 5.41. The van der Waals surface area contributed by atoms with Crippen LogP contribution in [0.3, 0.4) is 0 Å². The van der Waals surface area contributed by atoms with Gasteiger partial charge in [-0.2, -0.15) is 0 Å². The highest BCUT2D eigenvalue weighted by atomic mass is 19.1. The van der Waals surface area contributed by atoms with Crippen molar-refractivity contribution in [2.75, 3.05) is 0 Å². The Balaban J connectivity index is 2.06. The molecule has 1 aliphatic carbocycles. The maximum Gasteiger partial charge on any atom is 0.126 e. The fourth-order valence-electron chi connectivity index (χ4n) is 1.90. The third kappa shape index (κ3) is 2.29. The predicted molar refractivity (Wildman–Crippen MR) is 57.3 cm³/mol. The van der Waals surface area contributed by atoms with Crippen LogP contribution in [0.15, 0.2) is 18.2 Å². The Bertz CT molecular complexity index is 349. The van der Waals surface area contributed by atoms with Crippen molar-refractivity contribution in [3.63, 3.8) is 0 Å². The first-order valence-electron chi connectivity index (χ1n) is 5.41. The van der Waals surface area contributed by atoms with E-state index in [1.807, 2.05) is 6.92 Å². The van der Waals surface area contributed by atoms with Crippen LogP contribution in [0.2, 0.25) is 0 Å². The lowest BCUT2D eigenvalue weighted by atomic mass is 9.91. The average molecular weight is 209 g/mol. The lowest BCUT2D eigenvalue weighted by molar-refractivity contribution is 0.309. The van der Waals surface area contributed by atoms with Crippen LogP contribution in [0, 0.1) is 5.82 Å². The largest absolute Gasteiger partial charge is 0.508 e. The number of phenols is 1. The van der Waals surface area contributed by atoms with Crippen molar-refractivity contribution < 1.29 is 9.50 Å². The van der Waals surface area contributed by atoms with Crippen LogP contribution in [0.1, 0.15) is 37.8 Å². The number of halogens is 1. The molecule has 0 amide bonds. The maximum atomic E-state index is 12.8. The van der Waals surface area contributed by atoms with E-state index in [9.17, 15) is 9.50 Å². The van der Waals surface area contributed by atoms with Crippen molar-refractivity contribution in [2.45, 2.75) is 38.3 Å². The van der Waals surface area contributed by atoms with Gasteiger partial charge in [-0.1, -0.05) is 12.5 Å². The van der Waals surface area contributed by atoms with Crippen LogP contribution in [0.4, 0.5) is 4.39 Å². The summed E-state index contributed by atoms with van der Waals surface area (Å²) in [6.45, 7) is 1.99. The number of benzene rings is 1. The lowest BCUT2D eigenvalue weighted by Crippen LogP contribution is -2.36. The maximum absolute atomic E-state index is 12.8. The number of aromatic hydroxyl groups is 1. The monoisotopic (exact) mass is 209 g/mol. The molecule has 1 saturated carbocycles. The second kappa shape index (κ2) is 4.19. The van der Waals surface area contributed by atoms with Crippen LogP contribution in [0.25, 0.3) is 0 Å². The van der Waals surface area contributed by atoms with E-state index in [1.165, 1.54) is 25.3 Å². The van der Waals surface area contributed by atoms with E-state index in [2.05, 4.69) is 5.32 Å². The second-order valence-electron chi connectivity index (χ2n) is 4.22. The Morgan fingerprint density at radius 2 is 2.20 bits per heavy atom. The fraction of sp³-hybridized carbons (Fsp3) is 0.500. The Kier molecular flexibility index (Phi) is 2.91. The molecule has 15 heavy (non-hydrogen) atoms. The minimum atomic E-state index is -0.396. The van der Waals surface area contributed by atoms with E-state index in [0.717, 1.165) is 11.6 Å². The molecule has 0 radical (unpaired) electrons. The molecule has 0 spiro atoms. The van der Waals surface area contributed by atoms with Crippen molar-refractivity contribution in [1.29, 1.82) is 0 Å². The smallest absolute Gasteiger partial charge is 0.126 e. The van der Waals surface area contributed by atoms with Gasteiger partial charge in [0.2, 0.25) is 0 Å². The molecule has 1 aromatic carbocycles. The molecule has 1 atom stereocenters. The Morgan fingerprint density at radius 1 is 1.47 bits per heavy atom. The first-order chi connectivity index (χ1) is 7.16. The van der Waals surface area contributed by atoms with Gasteiger partial charge in [-0.3, -0.25) is 0 Å². The molecule has 3 heteroatoms. The van der Waals surface area contributed by atoms with Crippen LogP contribution < -0.4 is 5.32 Å². The Morgan fingerprint density at radius 3 is 2.73 bits per heavy atom. The average Bonchev–Trinajstić information content (AvgIpc) is 2.11. The summed E-state index contributed by atoms with van der Waals surface area (Å²) in [4.78, 5) is 0. The number of rotatable bonds is 3. The van der Waals surface area contributed by atoms with Gasteiger partial charge in [-0.05, 0) is 25.8 Å². The zero-order chi connectivity index (χ0) is 10.8. The molecule has 82 valence electrons. The van der Waals surface area contributed by atoms with E-state index < -0.39 is 5.82 Å². The minimum absolute atomic E-state index is 0.0364. The van der Waals surface area contributed by atoms with Crippen molar-refractivity contribution >= 4 is 0 Å². The van der Waals surface area contributed by atoms with Gasteiger partial charge in [0.15, 0.2) is 0 Å². The van der Waals surface area contributed by atoms with Gasteiger partial charge in [0, 0.05) is 23.7 Å². The van der Waals surface area contributed by atoms with Crippen molar-refractivity contribution in [1.82, 2.24) is 5.32 Å². The van der Waals surface area contributed by atoms with Crippen LogP contribution >= 0.6 is 0 Å². The number of hydrogen-bond acceptors (Lipinski definition) is 2. The molecular formula is C12H16FNO. The van der Waals surface area contributed by atoms with E-state index >= 15 is 0 Å². The lowest BCUT2D eigenvalue weighted by Gasteiger charge is -2.30. The van der Waals surface area contributed by atoms with Crippen LogP contribution in [0.5, 0.6) is 5.75 Å². The van der Waals surface area contributed by atoms with E-state index in [4.69, 9.17) is 0 Å². The van der Waals surface area contributed by atoms with Gasteiger partial charge in [-0.15, -0.1) is 0 Å². The molecule has 1 aliphatic rings. The zero-order valence-corrected chi connectivity index (χ0v) is 8.83. The third-order valence-electron chi connectivity index (χ3n) is 3.05. The first kappa shape index (κ1) is 10.4. The van der Waals surface area contributed by atoms with Gasteiger partial charge in [0.1, 0.15) is 11.6 Å². The standard InChI is InChI=1S/C12H16FNO/c1-8(14-10-3-2-4-10)11-6-5-9(13)7-12(11)15/h5-8,10,14-15H,2-4H2,1H3. The molecule has 0 heterocycles. The topological polar surface area (TPSA) is 32.3 Å². The zero-order valence-electron chi connectivity index (χ0n) is 8.83. The number of phenolic OH excluding ortho intramolecular Hbond substituents is 1. The van der Waals surface area contributed by atoms with E-state index in [0.29, 0.717) is 6.04 Å². The summed E-state index contributed by atoms with van der Waals surface area (Å²) in [5.41, 5.74) is 0.767. The summed E-state index contributed by atoms with van der Waals surface area (Å²) in [5, 5.41) is 13.0. The molecular weight excluding hydrogens is 193 g/mol. The normalized spacial score (nSPS) is 18.5. The third-order valence-corrected chi connectivity index (χ3v) is 3.05. The van der Waals surface area contributed by atoms with Crippen LogP contribution in [-0.4, -0.2) is 11.1 Å². The summed E-state index contributed by atoms with van der Waals surface area (Å²) in [6, 6.07) is 4.82. The van der Waals surface area contributed by atoms with Gasteiger partial charge in [0.05, 0.1) is 0 Å². The quantitative estimate of drug-likeness (QED) is 0.802. The summed E-state index contributed by atoms with van der Waals surface area (Å²) in [7, 11) is 0. The molecule has 1 aromatic rings. The number of hydrogen-bond donors (Lipinski definition) is 2. The summed E-state index contributed by atoms with van der Waals surface area (Å²) < 4.78 is 12.8. The summed E-state index contributed by atoms with van der Waals surface area (Å²) >= 11 is 0. The van der Waals surface area contributed by atoms with E-state index in [-0.39, 0.29) is 11.8 Å². The highest BCUT2D eigenvalue weighted by Gasteiger charge is 2.20. The minimum Gasteiger partial charge on any atom is -0.508 e. The molecule has 2 rings (SSSR count). The number of nitrogens with one attached hydrogen (secondary N) is 1. The molecule has 2 N–H and O–H groups in total. The van der Waals surface area contributed by atoms with E-state index in [1.54, 1.807) is 6.07 Å². The van der Waals surface area contributed by atoms with Crippen molar-refractivity contribution in [3.8, 4) is 5.75 Å². The molecule has 0 aromatic heterocycles.